The van der Waals surface area contributed by atoms with Gasteiger partial charge in [-0.1, -0.05) is 18.2 Å². The van der Waals surface area contributed by atoms with Crippen LogP contribution in [0.4, 0.5) is 0 Å². The van der Waals surface area contributed by atoms with Crippen LogP contribution in [0.5, 0.6) is 11.5 Å². The molecule has 25 heavy (non-hydrogen) atoms. The molecule has 0 aliphatic rings. The number of carbonyl (C=O) groups is 2. The minimum atomic E-state index is -0.887. The third-order valence-electron chi connectivity index (χ3n) is 3.08. The Morgan fingerprint density at radius 2 is 1.76 bits per heavy atom. The second-order valence-electron chi connectivity index (χ2n) is 5.12. The van der Waals surface area contributed by atoms with Gasteiger partial charge in [-0.05, 0) is 42.3 Å². The van der Waals surface area contributed by atoms with Gasteiger partial charge in [-0.15, -0.1) is 10.1 Å². The highest BCUT2D eigenvalue weighted by molar-refractivity contribution is 5.94. The van der Waals surface area contributed by atoms with E-state index in [1.807, 2.05) is 0 Å². The molecule has 8 heteroatoms. The van der Waals surface area contributed by atoms with Gasteiger partial charge in [0.15, 0.2) is 0 Å². The Bertz CT molecular complexity index is 799. The highest BCUT2D eigenvalue weighted by Crippen LogP contribution is 2.23. The molecule has 0 aromatic heterocycles. The normalized spacial score (nSPS) is 10.0. The molecule has 0 heterocycles. The van der Waals surface area contributed by atoms with E-state index in [0.29, 0.717) is 5.56 Å². The smallest absolute Gasteiger partial charge is 0.347 e. The molecule has 0 fully saturated rings. The Kier molecular flexibility index (Phi) is 5.67. The van der Waals surface area contributed by atoms with Crippen molar-refractivity contribution in [2.75, 3.05) is 0 Å². The zero-order valence-electron chi connectivity index (χ0n) is 13.6. The fourth-order valence-electron chi connectivity index (χ4n) is 1.98. The molecule has 0 spiro atoms. The lowest BCUT2D eigenvalue weighted by atomic mass is 10.1. The van der Waals surface area contributed by atoms with Gasteiger partial charge in [0, 0.05) is 6.92 Å². The van der Waals surface area contributed by atoms with Crippen LogP contribution >= 0.6 is 0 Å². The molecule has 0 unspecified atom stereocenters. The van der Waals surface area contributed by atoms with Crippen LogP contribution in [-0.2, 0) is 16.2 Å². The minimum absolute atomic E-state index is 0.113. The van der Waals surface area contributed by atoms with Crippen molar-refractivity contribution in [3.05, 3.63) is 69.3 Å². The van der Waals surface area contributed by atoms with Crippen LogP contribution in [0.25, 0.3) is 0 Å². The van der Waals surface area contributed by atoms with E-state index in [1.165, 1.54) is 37.3 Å². The first-order chi connectivity index (χ1) is 11.8. The summed E-state index contributed by atoms with van der Waals surface area (Å²) in [6, 6.07) is 10.8. The van der Waals surface area contributed by atoms with Crippen LogP contribution in [0.1, 0.15) is 28.4 Å². The summed E-state index contributed by atoms with van der Waals surface area (Å²) < 4.78 is 10.3. The largest absolute Gasteiger partial charge is 0.426 e. The van der Waals surface area contributed by atoms with E-state index in [2.05, 4.69) is 4.84 Å². The van der Waals surface area contributed by atoms with Crippen molar-refractivity contribution >= 4 is 11.9 Å². The number of hydrogen-bond acceptors (Lipinski definition) is 7. The molecule has 0 saturated carbocycles. The third-order valence-corrected chi connectivity index (χ3v) is 3.08. The Morgan fingerprint density at radius 3 is 2.36 bits per heavy atom. The van der Waals surface area contributed by atoms with Crippen molar-refractivity contribution in [3.63, 3.8) is 0 Å². The minimum Gasteiger partial charge on any atom is -0.426 e. The predicted octanol–water partition coefficient (Wildman–Crippen LogP) is 2.85. The highest BCUT2D eigenvalue weighted by atomic mass is 16.9. The Balaban J connectivity index is 2.11. The van der Waals surface area contributed by atoms with Gasteiger partial charge in [0.25, 0.3) is 5.09 Å². The van der Waals surface area contributed by atoms with Crippen LogP contribution in [0.15, 0.2) is 42.5 Å². The standard InChI is InChI=1S/C17H15NO7/c1-11-3-8-15(16(9-11)24-12(2)19)17(20)25-14-6-4-13(5-7-14)10-23-18(21)22/h3-9H,10H2,1-2H3. The van der Waals surface area contributed by atoms with E-state index in [4.69, 9.17) is 9.47 Å². The van der Waals surface area contributed by atoms with Crippen LogP contribution < -0.4 is 9.47 Å². The van der Waals surface area contributed by atoms with E-state index < -0.39 is 17.0 Å². The molecule has 0 saturated heterocycles. The van der Waals surface area contributed by atoms with E-state index in [1.54, 1.807) is 19.1 Å². The van der Waals surface area contributed by atoms with E-state index in [-0.39, 0.29) is 23.7 Å². The zero-order chi connectivity index (χ0) is 18.4. The molecule has 0 radical (unpaired) electrons. The summed E-state index contributed by atoms with van der Waals surface area (Å²) >= 11 is 0. The fraction of sp³-hybridized carbons (Fsp3) is 0.176. The van der Waals surface area contributed by atoms with E-state index in [9.17, 15) is 19.7 Å². The highest BCUT2D eigenvalue weighted by Gasteiger charge is 2.16. The summed E-state index contributed by atoms with van der Waals surface area (Å²) in [4.78, 5) is 37.9. The first kappa shape index (κ1) is 17.9. The number of ether oxygens (including phenoxy) is 2. The van der Waals surface area contributed by atoms with Gasteiger partial charge in [-0.25, -0.2) is 4.79 Å². The van der Waals surface area contributed by atoms with Crippen molar-refractivity contribution in [2.24, 2.45) is 0 Å². The number of aryl methyl sites for hydroxylation is 1. The van der Waals surface area contributed by atoms with E-state index in [0.717, 1.165) is 5.56 Å². The summed E-state index contributed by atoms with van der Waals surface area (Å²) in [7, 11) is 0. The van der Waals surface area contributed by atoms with Crippen molar-refractivity contribution in [1.29, 1.82) is 0 Å². The number of benzene rings is 2. The number of nitrogens with zero attached hydrogens (tertiary/aromatic N) is 1. The molecule has 0 atom stereocenters. The van der Waals surface area contributed by atoms with E-state index >= 15 is 0 Å². The maximum absolute atomic E-state index is 12.3. The second-order valence-corrected chi connectivity index (χ2v) is 5.12. The van der Waals surface area contributed by atoms with Crippen LogP contribution in [-0.4, -0.2) is 17.0 Å². The lowest BCUT2D eigenvalue weighted by Crippen LogP contribution is -2.13. The average Bonchev–Trinajstić information content (AvgIpc) is 2.53. The molecule has 2 aromatic carbocycles. The summed E-state index contributed by atoms with van der Waals surface area (Å²) in [5.41, 5.74) is 1.48. The summed E-state index contributed by atoms with van der Waals surface area (Å²) in [5.74, 6) is -0.877. The second kappa shape index (κ2) is 7.91. The van der Waals surface area contributed by atoms with Crippen molar-refractivity contribution in [2.45, 2.75) is 20.5 Å². The first-order valence-electron chi connectivity index (χ1n) is 7.22. The van der Waals surface area contributed by atoms with Crippen molar-refractivity contribution in [1.82, 2.24) is 0 Å². The van der Waals surface area contributed by atoms with Gasteiger partial charge < -0.3 is 14.3 Å². The quantitative estimate of drug-likeness (QED) is 0.343. The Morgan fingerprint density at radius 1 is 1.08 bits per heavy atom. The lowest BCUT2D eigenvalue weighted by Gasteiger charge is -2.10. The summed E-state index contributed by atoms with van der Waals surface area (Å²) in [5, 5.41) is 9.27. The molecule has 0 aliphatic carbocycles. The first-order valence-corrected chi connectivity index (χ1v) is 7.22. The maximum Gasteiger partial charge on any atom is 0.347 e. The Labute approximate surface area is 143 Å². The van der Waals surface area contributed by atoms with Crippen LogP contribution in [0, 0.1) is 17.0 Å². The average molecular weight is 345 g/mol. The topological polar surface area (TPSA) is 105 Å². The molecular formula is C17H15NO7. The third kappa shape index (κ3) is 5.31. The summed E-state index contributed by atoms with van der Waals surface area (Å²) in [6.07, 6.45) is 0. The molecule has 2 rings (SSSR count). The van der Waals surface area contributed by atoms with Gasteiger partial charge in [0.2, 0.25) is 0 Å². The van der Waals surface area contributed by atoms with Gasteiger partial charge in [0.1, 0.15) is 23.7 Å². The number of esters is 2. The lowest BCUT2D eigenvalue weighted by molar-refractivity contribution is -0.763. The Hall–Kier alpha value is -3.42. The van der Waals surface area contributed by atoms with Gasteiger partial charge in [0.05, 0.1) is 0 Å². The molecule has 0 aliphatic heterocycles. The van der Waals surface area contributed by atoms with Crippen molar-refractivity contribution in [3.8, 4) is 11.5 Å². The zero-order valence-corrected chi connectivity index (χ0v) is 13.6. The van der Waals surface area contributed by atoms with Crippen molar-refractivity contribution < 1.29 is 29.0 Å². The number of hydrogen-bond donors (Lipinski definition) is 0. The molecule has 8 nitrogen and oxygen atoms in total. The summed E-state index contributed by atoms with van der Waals surface area (Å²) in [6.45, 7) is 2.84. The molecule has 0 bridgehead atoms. The van der Waals surface area contributed by atoms with Gasteiger partial charge >= 0.3 is 11.9 Å². The molecule has 130 valence electrons. The SMILES string of the molecule is CC(=O)Oc1cc(C)ccc1C(=O)Oc1ccc(CO[N+](=O)[O-])cc1. The monoisotopic (exact) mass is 345 g/mol. The molecule has 0 amide bonds. The predicted molar refractivity (Wildman–Crippen MR) is 85.7 cm³/mol. The number of carbonyl (C=O) groups excluding carboxylic acids is 2. The molecule has 2 aromatic rings. The fourth-order valence-corrected chi connectivity index (χ4v) is 1.98. The van der Waals surface area contributed by atoms with Gasteiger partial charge in [-0.3, -0.25) is 4.79 Å². The number of rotatable bonds is 6. The van der Waals surface area contributed by atoms with Gasteiger partial charge in [-0.2, -0.15) is 0 Å². The maximum atomic E-state index is 12.3. The molecular weight excluding hydrogens is 330 g/mol. The van der Waals surface area contributed by atoms with Crippen LogP contribution in [0.3, 0.4) is 0 Å². The van der Waals surface area contributed by atoms with Crippen LogP contribution in [0.2, 0.25) is 0 Å². The molecule has 0 N–H and O–H groups in total.